The van der Waals surface area contributed by atoms with E-state index in [9.17, 15) is 0 Å². The molecule has 0 saturated heterocycles. The summed E-state index contributed by atoms with van der Waals surface area (Å²) in [5.41, 5.74) is 2.26. The van der Waals surface area contributed by atoms with E-state index in [4.69, 9.17) is 0 Å². The van der Waals surface area contributed by atoms with Crippen LogP contribution in [0.2, 0.25) is 0 Å². The number of benzene rings is 1. The Balaban J connectivity index is 1.82. The van der Waals surface area contributed by atoms with Crippen molar-refractivity contribution < 1.29 is 0 Å². The second-order valence-electron chi connectivity index (χ2n) is 5.72. The van der Waals surface area contributed by atoms with Gasteiger partial charge in [-0.3, -0.25) is 4.98 Å². The van der Waals surface area contributed by atoms with Crippen LogP contribution in [0.1, 0.15) is 44.9 Å². The first-order valence-corrected chi connectivity index (χ1v) is 8.43. The number of pyridine rings is 1. The highest BCUT2D eigenvalue weighted by atomic mass is 79.9. The van der Waals surface area contributed by atoms with E-state index in [2.05, 4.69) is 50.5 Å². The maximum atomic E-state index is 4.58. The molecule has 0 spiro atoms. The summed E-state index contributed by atoms with van der Waals surface area (Å²) in [5.74, 6) is 0. The van der Waals surface area contributed by atoms with Gasteiger partial charge in [-0.2, -0.15) is 0 Å². The Morgan fingerprint density at radius 2 is 1.80 bits per heavy atom. The van der Waals surface area contributed by atoms with E-state index in [0.717, 1.165) is 9.99 Å². The van der Waals surface area contributed by atoms with Gasteiger partial charge in [-0.25, -0.2) is 0 Å². The van der Waals surface area contributed by atoms with Gasteiger partial charge in [0.05, 0.1) is 11.2 Å². The van der Waals surface area contributed by atoms with Crippen LogP contribution in [0.15, 0.2) is 34.9 Å². The largest absolute Gasteiger partial charge is 0.381 e. The highest BCUT2D eigenvalue weighted by Crippen LogP contribution is 2.27. The highest BCUT2D eigenvalue weighted by molar-refractivity contribution is 9.10. The smallest absolute Gasteiger partial charge is 0.0934 e. The molecule has 106 valence electrons. The number of nitrogens with one attached hydrogen (secondary N) is 1. The van der Waals surface area contributed by atoms with Gasteiger partial charge >= 0.3 is 0 Å². The topological polar surface area (TPSA) is 24.9 Å². The van der Waals surface area contributed by atoms with Crippen LogP contribution in [0, 0.1) is 0 Å². The minimum atomic E-state index is 0.603. The summed E-state index contributed by atoms with van der Waals surface area (Å²) in [6.07, 6.45) is 11.3. The lowest BCUT2D eigenvalue weighted by Crippen LogP contribution is -2.20. The van der Waals surface area contributed by atoms with E-state index in [-0.39, 0.29) is 0 Å². The lowest BCUT2D eigenvalue weighted by atomic mass is 9.96. The highest BCUT2D eigenvalue weighted by Gasteiger charge is 2.12. The van der Waals surface area contributed by atoms with Gasteiger partial charge < -0.3 is 5.32 Å². The van der Waals surface area contributed by atoms with Crippen LogP contribution in [-0.2, 0) is 0 Å². The normalized spacial score (nSPS) is 17.6. The van der Waals surface area contributed by atoms with Gasteiger partial charge in [0.15, 0.2) is 0 Å². The number of para-hydroxylation sites is 1. The van der Waals surface area contributed by atoms with Gasteiger partial charge in [-0.05, 0) is 40.9 Å². The van der Waals surface area contributed by atoms with Crippen molar-refractivity contribution in [1.29, 1.82) is 0 Å². The van der Waals surface area contributed by atoms with Crippen LogP contribution in [0.4, 0.5) is 5.69 Å². The van der Waals surface area contributed by atoms with Gasteiger partial charge in [0.2, 0.25) is 0 Å². The Hall–Kier alpha value is -1.09. The van der Waals surface area contributed by atoms with E-state index < -0.39 is 0 Å². The molecule has 1 heterocycles. The quantitative estimate of drug-likeness (QED) is 0.782. The van der Waals surface area contributed by atoms with E-state index in [1.807, 2.05) is 6.20 Å². The molecule has 0 radical (unpaired) electrons. The molecule has 0 amide bonds. The molecule has 1 aliphatic carbocycles. The molecule has 2 aromatic rings. The first-order valence-electron chi connectivity index (χ1n) is 7.64. The molecule has 1 aromatic heterocycles. The van der Waals surface area contributed by atoms with Crippen molar-refractivity contribution in [2.45, 2.75) is 51.0 Å². The number of hydrogen-bond donors (Lipinski definition) is 1. The van der Waals surface area contributed by atoms with Gasteiger partial charge in [0.1, 0.15) is 0 Å². The summed E-state index contributed by atoms with van der Waals surface area (Å²) in [6.45, 7) is 0. The molecule has 1 aromatic carbocycles. The van der Waals surface area contributed by atoms with Crippen LogP contribution in [0.3, 0.4) is 0 Å². The fourth-order valence-electron chi connectivity index (χ4n) is 3.07. The van der Waals surface area contributed by atoms with Crippen LogP contribution in [0.5, 0.6) is 0 Å². The van der Waals surface area contributed by atoms with Crippen molar-refractivity contribution in [2.75, 3.05) is 5.32 Å². The minimum absolute atomic E-state index is 0.603. The first-order chi connectivity index (χ1) is 9.83. The Morgan fingerprint density at radius 3 is 2.60 bits per heavy atom. The van der Waals surface area contributed by atoms with Crippen molar-refractivity contribution in [3.8, 4) is 0 Å². The van der Waals surface area contributed by atoms with Gasteiger partial charge in [-0.1, -0.05) is 44.2 Å². The predicted octanol–water partition coefficient (Wildman–Crippen LogP) is 5.52. The molecule has 2 nitrogen and oxygen atoms in total. The van der Waals surface area contributed by atoms with E-state index in [0.29, 0.717) is 6.04 Å². The molecular formula is C17H21BrN2. The van der Waals surface area contributed by atoms with Crippen molar-refractivity contribution >= 4 is 32.5 Å². The van der Waals surface area contributed by atoms with E-state index in [1.165, 1.54) is 56.0 Å². The number of aromatic nitrogens is 1. The fraction of sp³-hybridized carbons (Fsp3) is 0.471. The zero-order valence-electron chi connectivity index (χ0n) is 11.7. The van der Waals surface area contributed by atoms with Crippen LogP contribution >= 0.6 is 15.9 Å². The molecule has 20 heavy (non-hydrogen) atoms. The third-order valence-electron chi connectivity index (χ3n) is 4.14. The summed E-state index contributed by atoms with van der Waals surface area (Å²) in [6, 6.07) is 9.12. The van der Waals surface area contributed by atoms with Crippen molar-refractivity contribution in [3.63, 3.8) is 0 Å². The van der Waals surface area contributed by atoms with E-state index in [1.54, 1.807) is 0 Å². The van der Waals surface area contributed by atoms with Crippen LogP contribution in [-0.4, -0.2) is 11.0 Å². The molecule has 0 aliphatic heterocycles. The molecule has 1 fully saturated rings. The SMILES string of the molecule is Brc1cnc2c(NC3CCCCCCC3)cccc2c1. The van der Waals surface area contributed by atoms with Gasteiger partial charge in [0, 0.05) is 22.1 Å². The average molecular weight is 333 g/mol. The van der Waals surface area contributed by atoms with Crippen molar-refractivity contribution in [2.24, 2.45) is 0 Å². The summed E-state index contributed by atoms with van der Waals surface area (Å²) < 4.78 is 1.04. The fourth-order valence-corrected chi connectivity index (χ4v) is 3.42. The molecule has 1 saturated carbocycles. The van der Waals surface area contributed by atoms with E-state index >= 15 is 0 Å². The van der Waals surface area contributed by atoms with Crippen LogP contribution < -0.4 is 5.32 Å². The van der Waals surface area contributed by atoms with Crippen molar-refractivity contribution in [3.05, 3.63) is 34.9 Å². The summed E-state index contributed by atoms with van der Waals surface area (Å²) in [5, 5.41) is 4.92. The second kappa shape index (κ2) is 6.57. The molecule has 0 atom stereocenters. The molecule has 1 aliphatic rings. The average Bonchev–Trinajstić information content (AvgIpc) is 2.41. The standard InChI is InChI=1S/C17H21BrN2/c18-14-11-13-7-6-10-16(17(13)19-12-14)20-15-8-4-2-1-3-5-9-15/h6-7,10-12,15,20H,1-5,8-9H2. The maximum absolute atomic E-state index is 4.58. The molecule has 3 heteroatoms. The van der Waals surface area contributed by atoms with Crippen molar-refractivity contribution in [1.82, 2.24) is 4.98 Å². The predicted molar refractivity (Wildman–Crippen MR) is 89.2 cm³/mol. The number of rotatable bonds is 2. The number of anilines is 1. The molecular weight excluding hydrogens is 312 g/mol. The number of nitrogens with zero attached hydrogens (tertiary/aromatic N) is 1. The number of fused-ring (bicyclic) bond motifs is 1. The van der Waals surface area contributed by atoms with Gasteiger partial charge in [0.25, 0.3) is 0 Å². The summed E-state index contributed by atoms with van der Waals surface area (Å²) in [7, 11) is 0. The number of hydrogen-bond acceptors (Lipinski definition) is 2. The second-order valence-corrected chi connectivity index (χ2v) is 6.63. The summed E-state index contributed by atoms with van der Waals surface area (Å²) >= 11 is 3.49. The number of halogens is 1. The Kier molecular flexibility index (Phi) is 4.56. The third kappa shape index (κ3) is 3.32. The third-order valence-corrected chi connectivity index (χ3v) is 4.58. The first kappa shape index (κ1) is 13.9. The molecule has 3 rings (SSSR count). The Bertz CT molecular complexity index is 574. The molecule has 0 unspecified atom stereocenters. The monoisotopic (exact) mass is 332 g/mol. The Labute approximate surface area is 129 Å². The minimum Gasteiger partial charge on any atom is -0.381 e. The maximum Gasteiger partial charge on any atom is 0.0934 e. The Morgan fingerprint density at radius 1 is 1.05 bits per heavy atom. The van der Waals surface area contributed by atoms with Crippen LogP contribution in [0.25, 0.3) is 10.9 Å². The van der Waals surface area contributed by atoms with Gasteiger partial charge in [-0.15, -0.1) is 0 Å². The molecule has 0 bridgehead atoms. The molecule has 1 N–H and O–H groups in total. The lowest BCUT2D eigenvalue weighted by molar-refractivity contribution is 0.471. The summed E-state index contributed by atoms with van der Waals surface area (Å²) in [4.78, 5) is 4.58. The zero-order valence-corrected chi connectivity index (χ0v) is 13.3. The lowest BCUT2D eigenvalue weighted by Gasteiger charge is -2.22. The zero-order chi connectivity index (χ0) is 13.8.